The van der Waals surface area contributed by atoms with Gasteiger partial charge in [0.25, 0.3) is 0 Å². The molecule has 0 atom stereocenters. The predicted octanol–water partition coefficient (Wildman–Crippen LogP) is 4.05. The quantitative estimate of drug-likeness (QED) is 0.655. The molecule has 1 aromatic heterocycles. The Kier molecular flexibility index (Phi) is 4.90. The molecule has 1 heterocycles. The summed E-state index contributed by atoms with van der Waals surface area (Å²) >= 11 is 12.0. The largest absolute Gasteiger partial charge is 0.489 e. The number of ether oxygens (including phenoxy) is 1. The lowest BCUT2D eigenvalue weighted by molar-refractivity contribution is 0.306. The van der Waals surface area contributed by atoms with E-state index in [0.29, 0.717) is 16.7 Å². The predicted molar refractivity (Wildman–Crippen MR) is 90.3 cm³/mol. The molecule has 3 aromatic rings. The van der Waals surface area contributed by atoms with Crippen LogP contribution in [0.15, 0.2) is 60.2 Å². The van der Waals surface area contributed by atoms with Crippen LogP contribution in [0.3, 0.4) is 0 Å². The maximum atomic E-state index is 6.12. The molecule has 3 rings (SSSR count). The number of hydrogen-bond donors (Lipinski definition) is 0. The monoisotopic (exact) mass is 346 g/mol. The van der Waals surface area contributed by atoms with Crippen LogP contribution < -0.4 is 4.74 Å². The summed E-state index contributed by atoms with van der Waals surface area (Å²) in [6.45, 7) is 0.379. The van der Waals surface area contributed by atoms with Crippen molar-refractivity contribution in [3.8, 4) is 5.75 Å². The summed E-state index contributed by atoms with van der Waals surface area (Å²) < 4.78 is 7.24. The standard InChI is InChI=1S/C16H12Cl2N4O/c17-14-4-3-13(16(18)7-14)9-23-15-5-1-12(2-6-15)8-21-22-10-19-20-11-22/h1-8,10-11H,9H2. The minimum absolute atomic E-state index is 0.379. The number of nitrogens with zero attached hydrogens (tertiary/aromatic N) is 4. The summed E-state index contributed by atoms with van der Waals surface area (Å²) in [6, 6.07) is 12.9. The second kappa shape index (κ2) is 7.26. The normalized spacial score (nSPS) is 11.0. The fraction of sp³-hybridized carbons (Fsp3) is 0.0625. The molecule has 0 aliphatic rings. The zero-order chi connectivity index (χ0) is 16.1. The Morgan fingerprint density at radius 1 is 1.04 bits per heavy atom. The molecular weight excluding hydrogens is 335 g/mol. The number of halogens is 2. The molecule has 7 heteroatoms. The van der Waals surface area contributed by atoms with E-state index in [9.17, 15) is 0 Å². The highest BCUT2D eigenvalue weighted by Crippen LogP contribution is 2.22. The first-order valence-electron chi connectivity index (χ1n) is 6.76. The topological polar surface area (TPSA) is 52.3 Å². The minimum atomic E-state index is 0.379. The molecule has 0 radical (unpaired) electrons. The Morgan fingerprint density at radius 2 is 1.78 bits per heavy atom. The van der Waals surface area contributed by atoms with Gasteiger partial charge in [0.15, 0.2) is 0 Å². The maximum absolute atomic E-state index is 6.12. The lowest BCUT2D eigenvalue weighted by Gasteiger charge is -2.08. The fourth-order valence-electron chi connectivity index (χ4n) is 1.84. The van der Waals surface area contributed by atoms with E-state index in [1.165, 1.54) is 17.3 Å². The van der Waals surface area contributed by atoms with E-state index in [4.69, 9.17) is 27.9 Å². The van der Waals surface area contributed by atoms with Crippen LogP contribution in [-0.2, 0) is 6.61 Å². The van der Waals surface area contributed by atoms with Crippen molar-refractivity contribution in [2.24, 2.45) is 5.10 Å². The first-order valence-corrected chi connectivity index (χ1v) is 7.52. The highest BCUT2D eigenvalue weighted by Gasteiger charge is 2.02. The van der Waals surface area contributed by atoms with Gasteiger partial charge in [0.1, 0.15) is 25.0 Å². The van der Waals surface area contributed by atoms with Crippen molar-refractivity contribution >= 4 is 29.4 Å². The van der Waals surface area contributed by atoms with Gasteiger partial charge in [0.2, 0.25) is 0 Å². The Bertz CT molecular complexity index is 801. The second-order valence-electron chi connectivity index (χ2n) is 4.68. The van der Waals surface area contributed by atoms with Crippen LogP contribution in [0.5, 0.6) is 5.75 Å². The van der Waals surface area contributed by atoms with Crippen LogP contribution >= 0.6 is 23.2 Å². The van der Waals surface area contributed by atoms with Crippen molar-refractivity contribution in [3.63, 3.8) is 0 Å². The number of aromatic nitrogens is 3. The molecule has 0 saturated carbocycles. The van der Waals surface area contributed by atoms with Crippen molar-refractivity contribution in [2.45, 2.75) is 6.61 Å². The molecule has 0 N–H and O–H groups in total. The van der Waals surface area contributed by atoms with Crippen molar-refractivity contribution in [3.05, 3.63) is 76.3 Å². The molecule has 0 saturated heterocycles. The molecule has 0 aliphatic heterocycles. The average molecular weight is 347 g/mol. The van der Waals surface area contributed by atoms with Crippen LogP contribution in [0.25, 0.3) is 0 Å². The minimum Gasteiger partial charge on any atom is -0.489 e. The molecule has 0 amide bonds. The molecular formula is C16H12Cl2N4O. The highest BCUT2D eigenvalue weighted by molar-refractivity contribution is 6.35. The van der Waals surface area contributed by atoms with E-state index in [2.05, 4.69) is 15.3 Å². The van der Waals surface area contributed by atoms with E-state index in [0.717, 1.165) is 16.9 Å². The van der Waals surface area contributed by atoms with Gasteiger partial charge in [0.05, 0.1) is 6.21 Å². The van der Waals surface area contributed by atoms with Crippen LogP contribution in [-0.4, -0.2) is 21.1 Å². The van der Waals surface area contributed by atoms with Gasteiger partial charge < -0.3 is 4.74 Å². The Hall–Kier alpha value is -2.37. The Morgan fingerprint density at radius 3 is 2.48 bits per heavy atom. The van der Waals surface area contributed by atoms with E-state index >= 15 is 0 Å². The molecule has 23 heavy (non-hydrogen) atoms. The Labute approximate surface area is 143 Å². The SMILES string of the molecule is Clc1ccc(COc2ccc(C=Nn3cnnc3)cc2)c(Cl)c1. The van der Waals surface area contributed by atoms with Gasteiger partial charge in [-0.05, 0) is 42.0 Å². The van der Waals surface area contributed by atoms with Crippen molar-refractivity contribution in [1.82, 2.24) is 14.9 Å². The van der Waals surface area contributed by atoms with Gasteiger partial charge in [-0.3, -0.25) is 0 Å². The van der Waals surface area contributed by atoms with Gasteiger partial charge >= 0.3 is 0 Å². The smallest absolute Gasteiger partial charge is 0.141 e. The van der Waals surface area contributed by atoms with Crippen molar-refractivity contribution < 1.29 is 4.74 Å². The highest BCUT2D eigenvalue weighted by atomic mass is 35.5. The first-order chi connectivity index (χ1) is 11.2. The van der Waals surface area contributed by atoms with Crippen LogP contribution in [0.1, 0.15) is 11.1 Å². The van der Waals surface area contributed by atoms with Gasteiger partial charge in [0, 0.05) is 15.6 Å². The zero-order valence-electron chi connectivity index (χ0n) is 11.9. The zero-order valence-corrected chi connectivity index (χ0v) is 13.4. The third kappa shape index (κ3) is 4.31. The second-order valence-corrected chi connectivity index (χ2v) is 5.52. The van der Waals surface area contributed by atoms with Gasteiger partial charge in [-0.15, -0.1) is 10.2 Å². The maximum Gasteiger partial charge on any atom is 0.141 e. The van der Waals surface area contributed by atoms with Crippen molar-refractivity contribution in [2.75, 3.05) is 0 Å². The van der Waals surface area contributed by atoms with Gasteiger partial charge in [-0.25, -0.2) is 4.68 Å². The van der Waals surface area contributed by atoms with E-state index < -0.39 is 0 Å². The molecule has 2 aromatic carbocycles. The molecule has 0 aliphatic carbocycles. The summed E-state index contributed by atoms with van der Waals surface area (Å²) in [6.07, 6.45) is 4.75. The molecule has 5 nitrogen and oxygen atoms in total. The summed E-state index contributed by atoms with van der Waals surface area (Å²) in [4.78, 5) is 0. The van der Waals surface area contributed by atoms with E-state index in [1.807, 2.05) is 30.3 Å². The van der Waals surface area contributed by atoms with Crippen molar-refractivity contribution in [1.29, 1.82) is 0 Å². The average Bonchev–Trinajstić information content (AvgIpc) is 3.07. The Balaban J connectivity index is 1.61. The summed E-state index contributed by atoms with van der Waals surface area (Å²) in [7, 11) is 0. The fourth-order valence-corrected chi connectivity index (χ4v) is 2.30. The third-order valence-corrected chi connectivity index (χ3v) is 3.62. The van der Waals surface area contributed by atoms with E-state index in [1.54, 1.807) is 18.3 Å². The molecule has 0 bridgehead atoms. The van der Waals surface area contributed by atoms with E-state index in [-0.39, 0.29) is 0 Å². The van der Waals surface area contributed by atoms with Crippen LogP contribution in [0.4, 0.5) is 0 Å². The van der Waals surface area contributed by atoms with Crippen LogP contribution in [0, 0.1) is 0 Å². The number of benzene rings is 2. The van der Waals surface area contributed by atoms with Gasteiger partial charge in [-0.2, -0.15) is 5.10 Å². The number of rotatable bonds is 5. The first kappa shape index (κ1) is 15.5. The summed E-state index contributed by atoms with van der Waals surface area (Å²) in [5.74, 6) is 0.748. The number of hydrogen-bond acceptors (Lipinski definition) is 4. The third-order valence-electron chi connectivity index (χ3n) is 3.04. The molecule has 0 unspecified atom stereocenters. The lowest BCUT2D eigenvalue weighted by atomic mass is 10.2. The molecule has 0 spiro atoms. The molecule has 116 valence electrons. The van der Waals surface area contributed by atoms with Gasteiger partial charge in [-0.1, -0.05) is 29.3 Å². The molecule has 0 fully saturated rings. The lowest BCUT2D eigenvalue weighted by Crippen LogP contribution is -1.96. The summed E-state index contributed by atoms with van der Waals surface area (Å²) in [5.41, 5.74) is 1.82. The van der Waals surface area contributed by atoms with Crippen LogP contribution in [0.2, 0.25) is 10.0 Å². The summed E-state index contributed by atoms with van der Waals surface area (Å²) in [5, 5.41) is 12.7.